The molecule has 0 amide bonds. The highest BCUT2D eigenvalue weighted by Gasteiger charge is 2.16. The number of rotatable bonds is 11. The smallest absolute Gasteiger partial charge is 0.0343 e. The Bertz CT molecular complexity index is 320. The summed E-state index contributed by atoms with van der Waals surface area (Å²) in [6.07, 6.45) is 11.1. The van der Waals surface area contributed by atoms with E-state index < -0.39 is 0 Å². The molecule has 0 saturated heterocycles. The number of hydrogen-bond donors (Lipinski definition) is 1. The van der Waals surface area contributed by atoms with E-state index in [1.807, 2.05) is 0 Å². The van der Waals surface area contributed by atoms with Gasteiger partial charge in [0, 0.05) is 6.04 Å². The lowest BCUT2D eigenvalue weighted by Crippen LogP contribution is -2.23. The first kappa shape index (κ1) is 17.2. The molecule has 20 heavy (non-hydrogen) atoms. The summed E-state index contributed by atoms with van der Waals surface area (Å²) in [5, 5.41) is 3.49. The molecule has 1 nitrogen and oxygen atoms in total. The second-order valence-corrected chi connectivity index (χ2v) is 6.06. The van der Waals surface area contributed by atoms with Gasteiger partial charge in [-0.15, -0.1) is 0 Å². The van der Waals surface area contributed by atoms with Crippen LogP contribution in [0.15, 0.2) is 30.3 Å². The fourth-order valence-corrected chi connectivity index (χ4v) is 3.03. The average Bonchev–Trinajstić information content (AvgIpc) is 2.48. The van der Waals surface area contributed by atoms with E-state index in [-0.39, 0.29) is 0 Å². The Labute approximate surface area is 126 Å². The van der Waals surface area contributed by atoms with E-state index in [9.17, 15) is 0 Å². The van der Waals surface area contributed by atoms with E-state index >= 15 is 0 Å². The lowest BCUT2D eigenvalue weighted by atomic mass is 9.90. The minimum absolute atomic E-state index is 0.497. The Morgan fingerprint density at radius 2 is 1.50 bits per heavy atom. The van der Waals surface area contributed by atoms with Crippen molar-refractivity contribution in [2.24, 2.45) is 5.92 Å². The Hall–Kier alpha value is -0.820. The Morgan fingerprint density at radius 3 is 2.10 bits per heavy atom. The fourth-order valence-electron chi connectivity index (χ4n) is 3.03. The average molecular weight is 275 g/mol. The van der Waals surface area contributed by atoms with Crippen molar-refractivity contribution in [3.05, 3.63) is 35.9 Å². The van der Waals surface area contributed by atoms with Gasteiger partial charge >= 0.3 is 0 Å². The molecule has 0 spiro atoms. The van der Waals surface area contributed by atoms with Crippen molar-refractivity contribution in [2.45, 2.75) is 71.3 Å². The first-order valence-electron chi connectivity index (χ1n) is 8.51. The number of hydrogen-bond acceptors (Lipinski definition) is 1. The van der Waals surface area contributed by atoms with Crippen molar-refractivity contribution in [1.29, 1.82) is 0 Å². The summed E-state index contributed by atoms with van der Waals surface area (Å²) in [5.41, 5.74) is 1.42. The summed E-state index contributed by atoms with van der Waals surface area (Å²) in [6, 6.07) is 11.3. The third kappa shape index (κ3) is 6.56. The van der Waals surface area contributed by atoms with Gasteiger partial charge in [0.05, 0.1) is 0 Å². The maximum absolute atomic E-state index is 3.49. The van der Waals surface area contributed by atoms with Gasteiger partial charge in [0.2, 0.25) is 0 Å². The molecule has 1 aromatic rings. The van der Waals surface area contributed by atoms with Gasteiger partial charge in [-0.25, -0.2) is 0 Å². The highest BCUT2D eigenvalue weighted by Crippen LogP contribution is 2.26. The van der Waals surface area contributed by atoms with E-state index in [1.165, 1.54) is 56.9 Å². The molecule has 114 valence electrons. The van der Waals surface area contributed by atoms with Crippen LogP contribution < -0.4 is 5.32 Å². The molecule has 1 rings (SSSR count). The molecule has 0 aliphatic carbocycles. The predicted molar refractivity (Wildman–Crippen MR) is 90.0 cm³/mol. The number of nitrogens with one attached hydrogen (secondary N) is 1. The standard InChI is InChI=1S/C19H33N/c1-4-5-6-7-8-9-11-14-17(2)19(20-3)18-15-12-10-13-16-18/h10,12-13,15-17,19-20H,4-9,11,14H2,1-3H3. The molecule has 0 radical (unpaired) electrons. The molecular weight excluding hydrogens is 242 g/mol. The topological polar surface area (TPSA) is 12.0 Å². The minimum Gasteiger partial charge on any atom is -0.313 e. The first-order valence-corrected chi connectivity index (χ1v) is 8.51. The quantitative estimate of drug-likeness (QED) is 0.509. The summed E-state index contributed by atoms with van der Waals surface area (Å²) >= 11 is 0. The van der Waals surface area contributed by atoms with Crippen molar-refractivity contribution in [2.75, 3.05) is 7.05 Å². The zero-order valence-corrected chi connectivity index (χ0v) is 13.7. The highest BCUT2D eigenvalue weighted by molar-refractivity contribution is 5.19. The summed E-state index contributed by atoms with van der Waals surface area (Å²) in [5.74, 6) is 0.707. The van der Waals surface area contributed by atoms with Crippen LogP contribution in [-0.2, 0) is 0 Å². The van der Waals surface area contributed by atoms with Crippen LogP contribution in [0.2, 0.25) is 0 Å². The largest absolute Gasteiger partial charge is 0.313 e. The highest BCUT2D eigenvalue weighted by atomic mass is 14.9. The van der Waals surface area contributed by atoms with Gasteiger partial charge in [-0.1, -0.05) is 89.1 Å². The van der Waals surface area contributed by atoms with Crippen LogP contribution in [0.1, 0.15) is 76.8 Å². The maximum Gasteiger partial charge on any atom is 0.0343 e. The van der Waals surface area contributed by atoms with Crippen molar-refractivity contribution in [3.63, 3.8) is 0 Å². The van der Waals surface area contributed by atoms with Crippen LogP contribution in [-0.4, -0.2) is 7.05 Å². The molecule has 0 aromatic heterocycles. The van der Waals surface area contributed by atoms with E-state index in [4.69, 9.17) is 0 Å². The molecule has 0 heterocycles. The lowest BCUT2D eigenvalue weighted by molar-refractivity contribution is 0.371. The summed E-state index contributed by atoms with van der Waals surface area (Å²) in [6.45, 7) is 4.66. The van der Waals surface area contributed by atoms with Crippen LogP contribution in [0.5, 0.6) is 0 Å². The Balaban J connectivity index is 2.22. The van der Waals surface area contributed by atoms with Crippen molar-refractivity contribution < 1.29 is 0 Å². The molecule has 0 fully saturated rings. The molecule has 0 saturated carbocycles. The SMILES string of the molecule is CCCCCCCCCC(C)C(NC)c1ccccc1. The molecule has 0 aliphatic rings. The lowest BCUT2D eigenvalue weighted by Gasteiger charge is -2.24. The van der Waals surface area contributed by atoms with Gasteiger partial charge in [-0.3, -0.25) is 0 Å². The van der Waals surface area contributed by atoms with Crippen LogP contribution in [0.4, 0.5) is 0 Å². The second kappa shape index (κ2) is 10.9. The number of unbranched alkanes of at least 4 members (excludes halogenated alkanes) is 6. The summed E-state index contributed by atoms with van der Waals surface area (Å²) in [4.78, 5) is 0. The summed E-state index contributed by atoms with van der Waals surface area (Å²) < 4.78 is 0. The van der Waals surface area contributed by atoms with Crippen LogP contribution in [0.25, 0.3) is 0 Å². The van der Waals surface area contributed by atoms with Gasteiger partial charge in [0.1, 0.15) is 0 Å². The van der Waals surface area contributed by atoms with Gasteiger partial charge in [0.25, 0.3) is 0 Å². The molecule has 2 unspecified atom stereocenters. The molecule has 2 atom stereocenters. The molecule has 1 aromatic carbocycles. The van der Waals surface area contributed by atoms with Crippen LogP contribution in [0.3, 0.4) is 0 Å². The molecule has 1 N–H and O–H groups in total. The molecule has 1 heteroatoms. The van der Waals surface area contributed by atoms with Gasteiger partial charge in [-0.2, -0.15) is 0 Å². The van der Waals surface area contributed by atoms with E-state index in [0.29, 0.717) is 12.0 Å². The third-order valence-electron chi connectivity index (χ3n) is 4.30. The Morgan fingerprint density at radius 1 is 0.900 bits per heavy atom. The fraction of sp³-hybridized carbons (Fsp3) is 0.684. The Kier molecular flexibility index (Phi) is 9.40. The van der Waals surface area contributed by atoms with Crippen LogP contribution in [0, 0.1) is 5.92 Å². The van der Waals surface area contributed by atoms with E-state index in [2.05, 4.69) is 56.5 Å². The van der Waals surface area contributed by atoms with Gasteiger partial charge in [-0.05, 0) is 24.9 Å². The van der Waals surface area contributed by atoms with Crippen molar-refractivity contribution in [3.8, 4) is 0 Å². The van der Waals surface area contributed by atoms with Crippen LogP contribution >= 0.6 is 0 Å². The molecule has 0 aliphatic heterocycles. The molecule has 0 bridgehead atoms. The van der Waals surface area contributed by atoms with E-state index in [1.54, 1.807) is 0 Å². The van der Waals surface area contributed by atoms with Gasteiger partial charge < -0.3 is 5.32 Å². The van der Waals surface area contributed by atoms with E-state index in [0.717, 1.165) is 0 Å². The first-order chi connectivity index (χ1) is 9.79. The minimum atomic E-state index is 0.497. The third-order valence-corrected chi connectivity index (χ3v) is 4.30. The summed E-state index contributed by atoms with van der Waals surface area (Å²) in [7, 11) is 2.08. The van der Waals surface area contributed by atoms with Gasteiger partial charge in [0.15, 0.2) is 0 Å². The molecular formula is C19H33N. The zero-order chi connectivity index (χ0) is 14.6. The van der Waals surface area contributed by atoms with Crippen molar-refractivity contribution in [1.82, 2.24) is 5.32 Å². The normalized spacial score (nSPS) is 14.2. The predicted octanol–water partition coefficient (Wildman–Crippen LogP) is 5.72. The monoisotopic (exact) mass is 275 g/mol. The van der Waals surface area contributed by atoms with Crippen molar-refractivity contribution >= 4 is 0 Å². The second-order valence-electron chi connectivity index (χ2n) is 6.06. The maximum atomic E-state index is 3.49. The number of benzene rings is 1. The zero-order valence-electron chi connectivity index (χ0n) is 13.7.